The van der Waals surface area contributed by atoms with Gasteiger partial charge in [-0.2, -0.15) is 0 Å². The summed E-state index contributed by atoms with van der Waals surface area (Å²) in [6, 6.07) is 0. The van der Waals surface area contributed by atoms with Crippen LogP contribution in [0, 0.1) is 41.4 Å². The van der Waals surface area contributed by atoms with E-state index in [1.165, 1.54) is 44.2 Å². The van der Waals surface area contributed by atoms with Gasteiger partial charge in [0, 0.05) is 0 Å². The van der Waals surface area contributed by atoms with E-state index in [9.17, 15) is 5.11 Å². The number of nitrogens with zero attached hydrogens (tertiary/aromatic N) is 2. The van der Waals surface area contributed by atoms with E-state index in [-0.39, 0.29) is 11.5 Å². The van der Waals surface area contributed by atoms with Crippen molar-refractivity contribution < 1.29 is 14.4 Å². The average molecular weight is 415 g/mol. The lowest BCUT2D eigenvalue weighted by atomic mass is 9.45. The third-order valence-electron chi connectivity index (χ3n) is 9.72. The first-order valence-electron chi connectivity index (χ1n) is 12.2. The molecule has 5 nitrogen and oxygen atoms in total. The fourth-order valence-electron chi connectivity index (χ4n) is 7.90. The van der Waals surface area contributed by atoms with Crippen molar-refractivity contribution in [2.24, 2.45) is 39.7 Å². The lowest BCUT2D eigenvalue weighted by Gasteiger charge is -2.60. The van der Waals surface area contributed by atoms with Gasteiger partial charge in [-0.25, -0.2) is 4.98 Å². The minimum absolute atomic E-state index is 0.0727. The van der Waals surface area contributed by atoms with Gasteiger partial charge in [0.1, 0.15) is 12.4 Å². The molecule has 1 N–H and O–H groups in total. The van der Waals surface area contributed by atoms with Crippen molar-refractivity contribution in [2.45, 2.75) is 91.1 Å². The summed E-state index contributed by atoms with van der Waals surface area (Å²) in [6.45, 7) is 7.39. The summed E-state index contributed by atoms with van der Waals surface area (Å²) in [6.07, 6.45) is 13.2. The van der Waals surface area contributed by atoms with Gasteiger partial charge in [0.15, 0.2) is 5.89 Å². The third-order valence-corrected chi connectivity index (χ3v) is 9.72. The van der Waals surface area contributed by atoms with E-state index < -0.39 is 0 Å². The van der Waals surface area contributed by atoms with Crippen LogP contribution >= 0.6 is 0 Å². The number of aryl methyl sites for hydroxylation is 1. The first-order valence-corrected chi connectivity index (χ1v) is 12.2. The summed E-state index contributed by atoms with van der Waals surface area (Å²) in [4.78, 5) is 9.87. The lowest BCUT2D eigenvalue weighted by molar-refractivity contribution is -0.112. The molecule has 1 aromatic heterocycles. The van der Waals surface area contributed by atoms with E-state index in [0.29, 0.717) is 18.4 Å². The van der Waals surface area contributed by atoms with Crippen LogP contribution in [-0.2, 0) is 11.3 Å². The van der Waals surface area contributed by atoms with Crippen molar-refractivity contribution in [3.63, 3.8) is 0 Å². The second-order valence-electron chi connectivity index (χ2n) is 11.1. The maximum absolute atomic E-state index is 10.6. The number of oxazole rings is 1. The predicted molar refractivity (Wildman–Crippen MR) is 116 cm³/mol. The maximum atomic E-state index is 10.6. The van der Waals surface area contributed by atoms with Crippen molar-refractivity contribution in [1.82, 2.24) is 4.98 Å². The number of aromatic nitrogens is 1. The molecule has 7 unspecified atom stereocenters. The van der Waals surface area contributed by atoms with Gasteiger partial charge in [-0.05, 0) is 99.2 Å². The number of fused-ring (bicyclic) bond motifs is 5. The Labute approximate surface area is 180 Å². The highest BCUT2D eigenvalue weighted by molar-refractivity contribution is 5.85. The van der Waals surface area contributed by atoms with E-state index in [0.717, 1.165) is 54.6 Å². The molecule has 0 radical (unpaired) electrons. The number of aliphatic hydroxyl groups excluding tert-OH is 1. The molecule has 0 amide bonds. The molecular weight excluding hydrogens is 376 g/mol. The van der Waals surface area contributed by atoms with E-state index >= 15 is 0 Å². The van der Waals surface area contributed by atoms with Gasteiger partial charge in [-0.15, -0.1) is 0 Å². The number of aliphatic hydroxyl groups is 1. The summed E-state index contributed by atoms with van der Waals surface area (Å²) in [5.74, 6) is 4.69. The summed E-state index contributed by atoms with van der Waals surface area (Å²) in [7, 11) is 0. The molecule has 1 aromatic rings. The van der Waals surface area contributed by atoms with E-state index in [1.54, 1.807) is 6.20 Å². The predicted octanol–water partition coefficient (Wildman–Crippen LogP) is 5.30. The lowest BCUT2D eigenvalue weighted by Crippen LogP contribution is -2.54. The second-order valence-corrected chi connectivity index (χ2v) is 11.1. The Morgan fingerprint density at radius 1 is 1.13 bits per heavy atom. The molecule has 0 bridgehead atoms. The highest BCUT2D eigenvalue weighted by Crippen LogP contribution is 2.65. The molecule has 0 saturated heterocycles. The van der Waals surface area contributed by atoms with E-state index in [2.05, 4.69) is 24.0 Å². The van der Waals surface area contributed by atoms with Crippen LogP contribution < -0.4 is 0 Å². The number of oxime groups is 1. The molecule has 5 rings (SSSR count). The molecule has 1 heterocycles. The first-order chi connectivity index (χ1) is 14.4. The Hall–Kier alpha value is -1.36. The van der Waals surface area contributed by atoms with Gasteiger partial charge in [-0.1, -0.05) is 19.0 Å². The van der Waals surface area contributed by atoms with Gasteiger partial charge in [0.25, 0.3) is 0 Å². The molecule has 4 aliphatic carbocycles. The molecule has 4 saturated carbocycles. The molecule has 5 heteroatoms. The van der Waals surface area contributed by atoms with Crippen LogP contribution in [0.1, 0.15) is 83.3 Å². The summed E-state index contributed by atoms with van der Waals surface area (Å²) in [5, 5.41) is 15.2. The minimum Gasteiger partial charge on any atom is -0.446 e. The smallest absolute Gasteiger partial charge is 0.197 e. The van der Waals surface area contributed by atoms with E-state index in [1.807, 2.05) is 6.92 Å². The first kappa shape index (κ1) is 20.5. The van der Waals surface area contributed by atoms with Gasteiger partial charge in [0.05, 0.1) is 24.4 Å². The van der Waals surface area contributed by atoms with Gasteiger partial charge in [0.2, 0.25) is 0 Å². The van der Waals surface area contributed by atoms with Crippen LogP contribution in [0.25, 0.3) is 0 Å². The Balaban J connectivity index is 1.21. The number of hydrogen-bond acceptors (Lipinski definition) is 5. The van der Waals surface area contributed by atoms with Crippen molar-refractivity contribution >= 4 is 5.71 Å². The Morgan fingerprint density at radius 3 is 2.77 bits per heavy atom. The zero-order chi connectivity index (χ0) is 20.9. The Kier molecular flexibility index (Phi) is 5.24. The highest BCUT2D eigenvalue weighted by atomic mass is 16.6. The third kappa shape index (κ3) is 3.32. The monoisotopic (exact) mass is 414 g/mol. The topological polar surface area (TPSA) is 67.9 Å². The van der Waals surface area contributed by atoms with Crippen LogP contribution in [-0.4, -0.2) is 28.5 Å². The fraction of sp³-hybridized carbons (Fsp3) is 0.840. The Morgan fingerprint density at radius 2 is 1.97 bits per heavy atom. The van der Waals surface area contributed by atoms with Crippen LogP contribution in [0.15, 0.2) is 15.8 Å². The molecular formula is C25H38N2O3. The highest BCUT2D eigenvalue weighted by Gasteiger charge is 2.59. The van der Waals surface area contributed by atoms with Crippen molar-refractivity contribution in [1.29, 1.82) is 0 Å². The molecule has 0 aliphatic heterocycles. The molecule has 0 aromatic carbocycles. The Bertz CT molecular complexity index is 804. The zero-order valence-corrected chi connectivity index (χ0v) is 18.9. The molecule has 166 valence electrons. The maximum Gasteiger partial charge on any atom is 0.197 e. The summed E-state index contributed by atoms with van der Waals surface area (Å²) < 4.78 is 5.50. The van der Waals surface area contributed by atoms with Gasteiger partial charge < -0.3 is 14.4 Å². The van der Waals surface area contributed by atoms with Crippen LogP contribution in [0.3, 0.4) is 0 Å². The molecule has 30 heavy (non-hydrogen) atoms. The van der Waals surface area contributed by atoms with Gasteiger partial charge >= 0.3 is 0 Å². The molecule has 4 aliphatic rings. The number of hydrogen-bond donors (Lipinski definition) is 1. The SMILES string of the molecule is Cc1cnc(CCON=C2CCC3(C)C(CCC4C5CCC(O)C5(C)CCC43)C2)o1. The average Bonchev–Trinajstić information content (AvgIpc) is 3.28. The van der Waals surface area contributed by atoms with Crippen LogP contribution in [0.5, 0.6) is 0 Å². The summed E-state index contributed by atoms with van der Waals surface area (Å²) in [5.41, 5.74) is 1.87. The van der Waals surface area contributed by atoms with Crippen molar-refractivity contribution in [2.75, 3.05) is 6.61 Å². The second kappa shape index (κ2) is 7.65. The molecule has 0 spiro atoms. The zero-order valence-electron chi connectivity index (χ0n) is 18.9. The normalized spacial score (nSPS) is 44.4. The standard InChI is InChI=1S/C25H38N2O3/c1-16-15-26-23(30-16)10-13-29-27-18-8-11-24(2)17(14-18)4-5-19-20-6-7-22(28)25(20,3)12-9-21(19)24/h15,17,19-22,28H,4-14H2,1-3H3. The molecule has 4 fully saturated rings. The quantitative estimate of drug-likeness (QED) is 0.536. The van der Waals surface area contributed by atoms with Crippen LogP contribution in [0.4, 0.5) is 0 Å². The van der Waals surface area contributed by atoms with E-state index in [4.69, 9.17) is 9.25 Å². The number of rotatable bonds is 4. The largest absolute Gasteiger partial charge is 0.446 e. The fourth-order valence-corrected chi connectivity index (χ4v) is 7.90. The minimum atomic E-state index is -0.0727. The van der Waals surface area contributed by atoms with Crippen molar-refractivity contribution in [3.05, 3.63) is 17.8 Å². The summed E-state index contributed by atoms with van der Waals surface area (Å²) >= 11 is 0. The molecule has 7 atom stereocenters. The van der Waals surface area contributed by atoms with Crippen molar-refractivity contribution in [3.8, 4) is 0 Å². The van der Waals surface area contributed by atoms with Gasteiger partial charge in [-0.3, -0.25) is 0 Å². The van der Waals surface area contributed by atoms with Crippen LogP contribution in [0.2, 0.25) is 0 Å².